The molecule has 7 heteroatoms. The minimum absolute atomic E-state index is 0.0757. The highest BCUT2D eigenvalue weighted by Crippen LogP contribution is 2.23. The summed E-state index contributed by atoms with van der Waals surface area (Å²) in [5.74, 6) is 0. The molecule has 0 spiro atoms. The summed E-state index contributed by atoms with van der Waals surface area (Å²) in [7, 11) is 0.589. The van der Waals surface area contributed by atoms with Crippen molar-refractivity contribution >= 4 is 21.5 Å². The summed E-state index contributed by atoms with van der Waals surface area (Å²) in [6.45, 7) is 1.69. The zero-order chi connectivity index (χ0) is 15.3. The molecule has 1 N–H and O–H groups in total. The van der Waals surface area contributed by atoms with Crippen LogP contribution in [-0.4, -0.2) is 51.4 Å². The van der Waals surface area contributed by atoms with Crippen LogP contribution in [0.2, 0.25) is 0 Å². The first-order valence-corrected chi connectivity index (χ1v) is 9.77. The molecule has 21 heavy (non-hydrogen) atoms. The van der Waals surface area contributed by atoms with E-state index in [1.165, 1.54) is 4.88 Å². The fourth-order valence-corrected chi connectivity index (χ4v) is 4.79. The lowest BCUT2D eigenvalue weighted by molar-refractivity contribution is 0.300. The Balaban J connectivity index is 1.99. The number of hydrogen-bond acceptors (Lipinski definition) is 4. The number of hydrogen-bond donors (Lipinski definition) is 1. The molecule has 1 aromatic rings. The number of nitrogens with zero attached hydrogens (tertiary/aromatic N) is 2. The van der Waals surface area contributed by atoms with Crippen molar-refractivity contribution in [2.75, 3.05) is 33.7 Å². The van der Waals surface area contributed by atoms with Crippen LogP contribution in [0.25, 0.3) is 0 Å². The van der Waals surface area contributed by atoms with Crippen molar-refractivity contribution in [3.8, 4) is 0 Å². The zero-order valence-electron chi connectivity index (χ0n) is 12.8. The van der Waals surface area contributed by atoms with Gasteiger partial charge in [0.15, 0.2) is 0 Å². The molecule has 0 aromatic carbocycles. The van der Waals surface area contributed by atoms with Gasteiger partial charge in [-0.25, -0.2) is 4.72 Å². The molecule has 0 saturated carbocycles. The Hall–Kier alpha value is -0.470. The van der Waals surface area contributed by atoms with E-state index in [0.717, 1.165) is 25.7 Å². The number of rotatable bonds is 6. The Kier molecular flexibility index (Phi) is 6.19. The van der Waals surface area contributed by atoms with Gasteiger partial charge in [0, 0.05) is 24.5 Å². The first kappa shape index (κ1) is 16.9. The van der Waals surface area contributed by atoms with E-state index in [2.05, 4.69) is 15.7 Å². The zero-order valence-corrected chi connectivity index (χ0v) is 14.4. The Morgan fingerprint density at radius 1 is 1.29 bits per heavy atom. The van der Waals surface area contributed by atoms with Gasteiger partial charge in [-0.1, -0.05) is 18.9 Å². The lowest BCUT2D eigenvalue weighted by atomic mass is 10.2. The van der Waals surface area contributed by atoms with Gasteiger partial charge in [-0.05, 0) is 38.4 Å². The molecule has 120 valence electrons. The van der Waals surface area contributed by atoms with Crippen LogP contribution in [0.3, 0.4) is 0 Å². The summed E-state index contributed by atoms with van der Waals surface area (Å²) in [4.78, 5) is 3.23. The molecular formula is C14H25N3O2S2. The quantitative estimate of drug-likeness (QED) is 0.868. The van der Waals surface area contributed by atoms with Crippen molar-refractivity contribution in [2.24, 2.45) is 0 Å². The molecule has 1 fully saturated rings. The standard InChI is InChI=1S/C14H25N3O2S2/c1-16(2)13(14-8-7-11-20-14)12-15-21(18,19)17-9-5-3-4-6-10-17/h7-8,11,13,15H,3-6,9-10,12H2,1-2H3. The van der Waals surface area contributed by atoms with Crippen LogP contribution in [0.5, 0.6) is 0 Å². The van der Waals surface area contributed by atoms with Crippen LogP contribution in [0, 0.1) is 0 Å². The van der Waals surface area contributed by atoms with E-state index in [9.17, 15) is 8.42 Å². The molecule has 0 amide bonds. The first-order chi connectivity index (χ1) is 10.0. The molecule has 1 aliphatic heterocycles. The molecule has 0 bridgehead atoms. The third-order valence-electron chi connectivity index (χ3n) is 3.86. The number of likely N-dealkylation sites (N-methyl/N-ethyl adjacent to an activating group) is 1. The van der Waals surface area contributed by atoms with Gasteiger partial charge in [0.25, 0.3) is 10.2 Å². The second-order valence-corrected chi connectivity index (χ2v) is 8.40. The Morgan fingerprint density at radius 3 is 2.48 bits per heavy atom. The lowest BCUT2D eigenvalue weighted by Crippen LogP contribution is -2.44. The van der Waals surface area contributed by atoms with Crippen molar-refractivity contribution in [1.82, 2.24) is 13.9 Å². The topological polar surface area (TPSA) is 52.7 Å². The van der Waals surface area contributed by atoms with E-state index in [0.29, 0.717) is 19.6 Å². The molecular weight excluding hydrogens is 306 g/mol. The summed E-state index contributed by atoms with van der Waals surface area (Å²) in [6, 6.07) is 4.13. The highest BCUT2D eigenvalue weighted by molar-refractivity contribution is 7.87. The van der Waals surface area contributed by atoms with Gasteiger partial charge < -0.3 is 4.90 Å². The molecule has 1 atom stereocenters. The Morgan fingerprint density at radius 2 is 1.95 bits per heavy atom. The molecule has 0 aliphatic carbocycles. The van der Waals surface area contributed by atoms with Crippen LogP contribution in [0.4, 0.5) is 0 Å². The van der Waals surface area contributed by atoms with E-state index >= 15 is 0 Å². The summed E-state index contributed by atoms with van der Waals surface area (Å²) in [5, 5.41) is 2.02. The highest BCUT2D eigenvalue weighted by atomic mass is 32.2. The maximum Gasteiger partial charge on any atom is 0.279 e. The molecule has 2 rings (SSSR count). The minimum atomic E-state index is -3.37. The van der Waals surface area contributed by atoms with Crippen molar-refractivity contribution in [3.05, 3.63) is 22.4 Å². The van der Waals surface area contributed by atoms with Gasteiger partial charge in [-0.15, -0.1) is 11.3 Å². The first-order valence-electron chi connectivity index (χ1n) is 7.45. The highest BCUT2D eigenvalue weighted by Gasteiger charge is 2.25. The largest absolute Gasteiger partial charge is 0.300 e. The number of nitrogens with one attached hydrogen (secondary N) is 1. The predicted octanol–water partition coefficient (Wildman–Crippen LogP) is 2.06. The van der Waals surface area contributed by atoms with Crippen molar-refractivity contribution in [2.45, 2.75) is 31.7 Å². The average Bonchev–Trinajstić information content (AvgIpc) is 2.79. The molecule has 1 saturated heterocycles. The second-order valence-electron chi connectivity index (χ2n) is 5.66. The van der Waals surface area contributed by atoms with E-state index in [-0.39, 0.29) is 6.04 Å². The van der Waals surface area contributed by atoms with Crippen molar-refractivity contribution in [1.29, 1.82) is 0 Å². The van der Waals surface area contributed by atoms with Crippen molar-refractivity contribution in [3.63, 3.8) is 0 Å². The number of thiophene rings is 1. The maximum atomic E-state index is 12.4. The predicted molar refractivity (Wildman–Crippen MR) is 87.7 cm³/mol. The summed E-state index contributed by atoms with van der Waals surface area (Å²) in [6.07, 6.45) is 4.18. The molecule has 1 aliphatic rings. The van der Waals surface area contributed by atoms with Crippen molar-refractivity contribution < 1.29 is 8.42 Å². The van der Waals surface area contributed by atoms with Gasteiger partial charge in [-0.3, -0.25) is 0 Å². The lowest BCUT2D eigenvalue weighted by Gasteiger charge is -2.26. The van der Waals surface area contributed by atoms with Crippen LogP contribution in [0.1, 0.15) is 36.6 Å². The molecule has 1 unspecified atom stereocenters. The van der Waals surface area contributed by atoms with E-state index < -0.39 is 10.2 Å². The van der Waals surface area contributed by atoms with Gasteiger partial charge in [0.2, 0.25) is 0 Å². The minimum Gasteiger partial charge on any atom is -0.300 e. The summed E-state index contributed by atoms with van der Waals surface area (Å²) < 4.78 is 29.3. The van der Waals surface area contributed by atoms with Gasteiger partial charge in [-0.2, -0.15) is 12.7 Å². The van der Waals surface area contributed by atoms with Gasteiger partial charge in [0.05, 0.1) is 6.04 Å². The Bertz CT molecular complexity index is 506. The SMILES string of the molecule is CN(C)C(CNS(=O)(=O)N1CCCCCC1)c1cccs1. The summed E-state index contributed by atoms with van der Waals surface area (Å²) >= 11 is 1.66. The third kappa shape index (κ3) is 4.75. The molecule has 5 nitrogen and oxygen atoms in total. The molecule has 1 aromatic heterocycles. The van der Waals surface area contributed by atoms with E-state index in [1.54, 1.807) is 15.6 Å². The Labute approximate surface area is 132 Å². The molecule has 0 radical (unpaired) electrons. The van der Waals surface area contributed by atoms with Gasteiger partial charge >= 0.3 is 0 Å². The van der Waals surface area contributed by atoms with Crippen LogP contribution in [-0.2, 0) is 10.2 Å². The fraction of sp³-hybridized carbons (Fsp3) is 0.714. The van der Waals surface area contributed by atoms with Crippen LogP contribution in [0.15, 0.2) is 17.5 Å². The molecule has 2 heterocycles. The average molecular weight is 332 g/mol. The van der Waals surface area contributed by atoms with E-state index in [4.69, 9.17) is 0 Å². The fourth-order valence-electron chi connectivity index (χ4n) is 2.58. The maximum absolute atomic E-state index is 12.4. The van der Waals surface area contributed by atoms with Crippen LogP contribution < -0.4 is 4.72 Å². The summed E-state index contributed by atoms with van der Waals surface area (Å²) in [5.41, 5.74) is 0. The van der Waals surface area contributed by atoms with Crippen LogP contribution >= 0.6 is 11.3 Å². The van der Waals surface area contributed by atoms with E-state index in [1.807, 2.05) is 25.5 Å². The monoisotopic (exact) mass is 331 g/mol. The smallest absolute Gasteiger partial charge is 0.279 e. The second kappa shape index (κ2) is 7.69. The normalized spacial score (nSPS) is 19.6. The van der Waals surface area contributed by atoms with Gasteiger partial charge in [0.1, 0.15) is 0 Å². The third-order valence-corrected chi connectivity index (χ3v) is 6.41.